The summed E-state index contributed by atoms with van der Waals surface area (Å²) < 4.78 is 4.86. The van der Waals surface area contributed by atoms with Crippen molar-refractivity contribution in [1.82, 2.24) is 0 Å². The average molecular weight is 252 g/mol. The quantitative estimate of drug-likeness (QED) is 0.834. The number of aromatic hydroxyl groups is 1. The fourth-order valence-corrected chi connectivity index (χ4v) is 1.62. The molecule has 0 radical (unpaired) electrons. The van der Waals surface area contributed by atoms with Gasteiger partial charge in [-0.05, 0) is 43.9 Å². The normalized spacial score (nSPS) is 9.39. The minimum absolute atomic E-state index is 0.193. The van der Waals surface area contributed by atoms with Gasteiger partial charge in [0.2, 0.25) is 0 Å². The highest BCUT2D eigenvalue weighted by Crippen LogP contribution is 2.25. The Hall–Kier alpha value is -1.51. The minimum Gasteiger partial charge on any atom is -0.507 e. The lowest BCUT2D eigenvalue weighted by Crippen LogP contribution is -2.05. The number of ether oxygens (including phenoxy) is 1. The number of aryl methyl sites for hydroxylation is 2. The summed E-state index contributed by atoms with van der Waals surface area (Å²) >= 11 is 0. The van der Waals surface area contributed by atoms with Crippen LogP contribution in [0, 0.1) is 13.8 Å². The summed E-state index contributed by atoms with van der Waals surface area (Å²) in [7, 11) is 0. The van der Waals surface area contributed by atoms with Gasteiger partial charge in [-0.15, -0.1) is 0 Å². The smallest absolute Gasteiger partial charge is 0.306 e. The zero-order valence-electron chi connectivity index (χ0n) is 12.0. The van der Waals surface area contributed by atoms with E-state index >= 15 is 0 Å². The number of hydrogen-bond donors (Lipinski definition) is 1. The Kier molecular flexibility index (Phi) is 7.84. The maximum Gasteiger partial charge on any atom is 0.306 e. The first-order chi connectivity index (χ1) is 8.56. The number of phenolic OH excluding ortho intramolecular Hbond substituents is 1. The van der Waals surface area contributed by atoms with Gasteiger partial charge in [-0.25, -0.2) is 0 Å². The molecular weight excluding hydrogens is 228 g/mol. The van der Waals surface area contributed by atoms with Crippen LogP contribution in [0.4, 0.5) is 0 Å². The molecule has 3 heteroatoms. The van der Waals surface area contributed by atoms with Crippen molar-refractivity contribution in [1.29, 1.82) is 0 Å². The number of benzene rings is 1. The molecule has 0 fully saturated rings. The molecule has 102 valence electrons. The van der Waals surface area contributed by atoms with Crippen molar-refractivity contribution in [2.75, 3.05) is 6.61 Å². The number of phenols is 1. The first-order valence-corrected chi connectivity index (χ1v) is 6.50. The highest BCUT2D eigenvalue weighted by atomic mass is 16.5. The van der Waals surface area contributed by atoms with E-state index in [1.807, 2.05) is 39.8 Å². The fraction of sp³-hybridized carbons (Fsp3) is 0.533. The minimum atomic E-state index is -0.193. The molecule has 0 aromatic heterocycles. The van der Waals surface area contributed by atoms with Crippen molar-refractivity contribution in [3.05, 3.63) is 28.8 Å². The van der Waals surface area contributed by atoms with Crippen LogP contribution in [-0.4, -0.2) is 17.7 Å². The van der Waals surface area contributed by atoms with E-state index in [2.05, 4.69) is 0 Å². The summed E-state index contributed by atoms with van der Waals surface area (Å²) in [5, 5.41) is 9.74. The van der Waals surface area contributed by atoms with Crippen molar-refractivity contribution in [2.45, 2.75) is 47.5 Å². The van der Waals surface area contributed by atoms with Crippen LogP contribution in [0.2, 0.25) is 0 Å². The zero-order valence-corrected chi connectivity index (χ0v) is 12.0. The molecule has 1 aromatic carbocycles. The number of rotatable bonds is 4. The SMILES string of the molecule is CC.CCOC(=O)CCc1ccc(C)c(O)c1C. The Morgan fingerprint density at radius 1 is 1.28 bits per heavy atom. The van der Waals surface area contributed by atoms with Crippen LogP contribution in [0.5, 0.6) is 5.75 Å². The highest BCUT2D eigenvalue weighted by molar-refractivity contribution is 5.69. The molecule has 0 heterocycles. The molecule has 0 aliphatic heterocycles. The third kappa shape index (κ3) is 4.78. The van der Waals surface area contributed by atoms with E-state index in [0.29, 0.717) is 25.2 Å². The zero-order chi connectivity index (χ0) is 14.1. The van der Waals surface area contributed by atoms with Crippen LogP contribution in [0.25, 0.3) is 0 Å². The molecule has 0 amide bonds. The van der Waals surface area contributed by atoms with Crippen molar-refractivity contribution >= 4 is 5.97 Å². The predicted octanol–water partition coefficient (Wildman–Crippen LogP) is 3.53. The van der Waals surface area contributed by atoms with Gasteiger partial charge < -0.3 is 9.84 Å². The monoisotopic (exact) mass is 252 g/mol. The van der Waals surface area contributed by atoms with E-state index in [1.165, 1.54) is 0 Å². The first kappa shape index (κ1) is 16.5. The van der Waals surface area contributed by atoms with Crippen LogP contribution >= 0.6 is 0 Å². The van der Waals surface area contributed by atoms with Crippen molar-refractivity contribution in [3.8, 4) is 5.75 Å². The maximum atomic E-state index is 11.2. The topological polar surface area (TPSA) is 46.5 Å². The fourth-order valence-electron chi connectivity index (χ4n) is 1.62. The average Bonchev–Trinajstić information content (AvgIpc) is 2.38. The molecule has 18 heavy (non-hydrogen) atoms. The molecule has 0 atom stereocenters. The maximum absolute atomic E-state index is 11.2. The molecule has 0 bridgehead atoms. The second kappa shape index (κ2) is 8.56. The highest BCUT2D eigenvalue weighted by Gasteiger charge is 2.08. The lowest BCUT2D eigenvalue weighted by Gasteiger charge is -2.09. The van der Waals surface area contributed by atoms with E-state index in [9.17, 15) is 9.90 Å². The Balaban J connectivity index is 0.00000137. The predicted molar refractivity (Wildman–Crippen MR) is 73.9 cm³/mol. The van der Waals surface area contributed by atoms with E-state index in [-0.39, 0.29) is 5.97 Å². The van der Waals surface area contributed by atoms with Crippen LogP contribution in [0.1, 0.15) is 43.9 Å². The van der Waals surface area contributed by atoms with Crippen molar-refractivity contribution < 1.29 is 14.6 Å². The van der Waals surface area contributed by atoms with Gasteiger partial charge in [-0.3, -0.25) is 4.79 Å². The van der Waals surface area contributed by atoms with Crippen LogP contribution < -0.4 is 0 Å². The summed E-state index contributed by atoms with van der Waals surface area (Å²) in [4.78, 5) is 11.2. The summed E-state index contributed by atoms with van der Waals surface area (Å²) in [5.41, 5.74) is 2.71. The first-order valence-electron chi connectivity index (χ1n) is 6.50. The lowest BCUT2D eigenvalue weighted by molar-refractivity contribution is -0.143. The third-order valence-electron chi connectivity index (χ3n) is 2.65. The summed E-state index contributed by atoms with van der Waals surface area (Å²) in [6.07, 6.45) is 0.968. The number of hydrogen-bond acceptors (Lipinski definition) is 3. The number of esters is 1. The Morgan fingerprint density at radius 2 is 1.89 bits per heavy atom. The van der Waals surface area contributed by atoms with Crippen LogP contribution in [0.3, 0.4) is 0 Å². The Labute approximate surface area is 110 Å². The van der Waals surface area contributed by atoms with Gasteiger partial charge in [0.05, 0.1) is 6.61 Å². The number of carbonyl (C=O) groups excluding carboxylic acids is 1. The van der Waals surface area contributed by atoms with Gasteiger partial charge in [-0.2, -0.15) is 0 Å². The standard InChI is InChI=1S/C13H18O3.C2H6/c1-4-16-12(14)8-7-11-6-5-9(2)13(15)10(11)3;1-2/h5-6,15H,4,7-8H2,1-3H3;1-2H3. The summed E-state index contributed by atoms with van der Waals surface area (Å²) in [6, 6.07) is 3.81. The van der Waals surface area contributed by atoms with E-state index < -0.39 is 0 Å². The van der Waals surface area contributed by atoms with Gasteiger partial charge in [-0.1, -0.05) is 26.0 Å². The van der Waals surface area contributed by atoms with Crippen LogP contribution in [0.15, 0.2) is 12.1 Å². The van der Waals surface area contributed by atoms with Gasteiger partial charge in [0, 0.05) is 6.42 Å². The molecule has 0 spiro atoms. The summed E-state index contributed by atoms with van der Waals surface area (Å²) in [5.74, 6) is 0.128. The molecule has 3 nitrogen and oxygen atoms in total. The van der Waals surface area contributed by atoms with E-state index in [0.717, 1.165) is 16.7 Å². The molecule has 0 saturated heterocycles. The molecule has 0 aliphatic carbocycles. The molecule has 0 saturated carbocycles. The molecule has 0 aliphatic rings. The molecular formula is C15H24O3. The molecule has 1 rings (SSSR count). The van der Waals surface area contributed by atoms with Gasteiger partial charge in [0.1, 0.15) is 5.75 Å². The summed E-state index contributed by atoms with van der Waals surface area (Å²) in [6.45, 7) is 9.93. The van der Waals surface area contributed by atoms with Crippen molar-refractivity contribution in [3.63, 3.8) is 0 Å². The Bertz CT molecular complexity index is 384. The van der Waals surface area contributed by atoms with E-state index in [4.69, 9.17) is 4.74 Å². The lowest BCUT2D eigenvalue weighted by atomic mass is 10.0. The third-order valence-corrected chi connectivity index (χ3v) is 2.65. The van der Waals surface area contributed by atoms with Crippen LogP contribution in [-0.2, 0) is 16.0 Å². The second-order valence-corrected chi connectivity index (χ2v) is 3.82. The van der Waals surface area contributed by atoms with Gasteiger partial charge in [0.15, 0.2) is 0 Å². The second-order valence-electron chi connectivity index (χ2n) is 3.82. The Morgan fingerprint density at radius 3 is 2.44 bits per heavy atom. The largest absolute Gasteiger partial charge is 0.507 e. The number of carbonyl (C=O) groups is 1. The molecule has 1 N–H and O–H groups in total. The van der Waals surface area contributed by atoms with Gasteiger partial charge in [0.25, 0.3) is 0 Å². The van der Waals surface area contributed by atoms with Gasteiger partial charge >= 0.3 is 5.97 Å². The van der Waals surface area contributed by atoms with E-state index in [1.54, 1.807) is 6.92 Å². The molecule has 0 unspecified atom stereocenters. The molecule has 1 aromatic rings. The van der Waals surface area contributed by atoms with Crippen molar-refractivity contribution in [2.24, 2.45) is 0 Å².